The van der Waals surface area contributed by atoms with Crippen LogP contribution in [0.25, 0.3) is 6.08 Å². The van der Waals surface area contributed by atoms with Crippen LogP contribution in [-0.4, -0.2) is 22.1 Å². The van der Waals surface area contributed by atoms with E-state index in [1.54, 1.807) is 6.07 Å². The van der Waals surface area contributed by atoms with Crippen LogP contribution in [0.5, 0.6) is 0 Å². The average Bonchev–Trinajstić information content (AvgIpc) is 3.04. The Morgan fingerprint density at radius 1 is 1.47 bits per heavy atom. The van der Waals surface area contributed by atoms with Crippen LogP contribution in [0.4, 0.5) is 0 Å². The Hall–Kier alpha value is -2.41. The lowest BCUT2D eigenvalue weighted by atomic mass is 10.2. The summed E-state index contributed by atoms with van der Waals surface area (Å²) in [5.74, 6) is -1.35. The van der Waals surface area contributed by atoms with Crippen LogP contribution in [0.2, 0.25) is 0 Å². The van der Waals surface area contributed by atoms with Crippen molar-refractivity contribution < 1.29 is 19.2 Å². The van der Waals surface area contributed by atoms with Crippen molar-refractivity contribution in [2.75, 3.05) is 0 Å². The van der Waals surface area contributed by atoms with E-state index in [9.17, 15) is 9.59 Å². The summed E-state index contributed by atoms with van der Waals surface area (Å²) < 4.78 is 4.58. The molecule has 7 heteroatoms. The maximum atomic E-state index is 11.6. The van der Waals surface area contributed by atoms with E-state index in [4.69, 9.17) is 5.11 Å². The van der Waals surface area contributed by atoms with Gasteiger partial charge in [0, 0.05) is 17.0 Å². The normalized spacial score (nSPS) is 10.7. The molecule has 2 rings (SSSR count). The summed E-state index contributed by atoms with van der Waals surface area (Å²) >= 11 is 1.44. The Balaban J connectivity index is 1.98. The van der Waals surface area contributed by atoms with Gasteiger partial charge in [-0.15, -0.1) is 11.3 Å². The molecular formula is C12H10N2O4S. The highest BCUT2D eigenvalue weighted by atomic mass is 32.1. The van der Waals surface area contributed by atoms with E-state index >= 15 is 0 Å². The molecule has 0 aliphatic carbocycles. The molecule has 0 aromatic carbocycles. The van der Waals surface area contributed by atoms with E-state index in [0.717, 1.165) is 16.5 Å². The summed E-state index contributed by atoms with van der Waals surface area (Å²) in [4.78, 5) is 23.0. The number of aliphatic carboxylic acids is 1. The minimum absolute atomic E-state index is 0.208. The standard InChI is InChI=1S/C12H10N2O4S/c15-11(16)2-1-8-4-6-19-10(8)7-13-12(17)9-3-5-18-14-9/h1-6H,7H2,(H,13,17)(H,15,16). The molecule has 0 radical (unpaired) electrons. The summed E-state index contributed by atoms with van der Waals surface area (Å²) in [7, 11) is 0. The molecule has 2 aromatic heterocycles. The Morgan fingerprint density at radius 2 is 2.32 bits per heavy atom. The number of carbonyl (C=O) groups is 2. The predicted octanol–water partition coefficient (Wildman–Crippen LogP) is 1.76. The molecule has 2 aromatic rings. The van der Waals surface area contributed by atoms with Crippen LogP contribution in [0, 0.1) is 0 Å². The zero-order chi connectivity index (χ0) is 13.7. The van der Waals surface area contributed by atoms with Gasteiger partial charge >= 0.3 is 5.97 Å². The molecule has 0 bridgehead atoms. The Morgan fingerprint density at radius 3 is 3.00 bits per heavy atom. The number of carboxylic acid groups (broad SMARTS) is 1. The summed E-state index contributed by atoms with van der Waals surface area (Å²) in [6.45, 7) is 0.308. The number of aromatic nitrogens is 1. The zero-order valence-corrected chi connectivity index (χ0v) is 10.5. The van der Waals surface area contributed by atoms with Crippen molar-refractivity contribution >= 4 is 29.3 Å². The van der Waals surface area contributed by atoms with Crippen molar-refractivity contribution in [2.24, 2.45) is 0 Å². The molecule has 2 N–H and O–H groups in total. The molecule has 1 amide bonds. The minimum atomic E-state index is -1.01. The number of hydrogen-bond acceptors (Lipinski definition) is 5. The van der Waals surface area contributed by atoms with Crippen LogP contribution in [0.1, 0.15) is 20.9 Å². The Kier molecular flexibility index (Phi) is 4.09. The summed E-state index contributed by atoms with van der Waals surface area (Å²) in [5.41, 5.74) is 0.979. The largest absolute Gasteiger partial charge is 0.478 e. The Labute approximate surface area is 112 Å². The first kappa shape index (κ1) is 13.0. The lowest BCUT2D eigenvalue weighted by Gasteiger charge is -2.02. The van der Waals surface area contributed by atoms with E-state index in [-0.39, 0.29) is 11.6 Å². The summed E-state index contributed by atoms with van der Waals surface area (Å²) in [5, 5.41) is 16.6. The maximum absolute atomic E-state index is 11.6. The second-order valence-electron chi connectivity index (χ2n) is 3.54. The van der Waals surface area contributed by atoms with Gasteiger partial charge in [-0.3, -0.25) is 4.79 Å². The zero-order valence-electron chi connectivity index (χ0n) is 9.70. The van der Waals surface area contributed by atoms with Crippen LogP contribution in [0.3, 0.4) is 0 Å². The number of carbonyl (C=O) groups excluding carboxylic acids is 1. The van der Waals surface area contributed by atoms with Crippen LogP contribution in [0.15, 0.2) is 34.4 Å². The third kappa shape index (κ3) is 3.52. The monoisotopic (exact) mass is 278 g/mol. The van der Waals surface area contributed by atoms with Crippen LogP contribution in [-0.2, 0) is 11.3 Å². The van der Waals surface area contributed by atoms with E-state index in [1.807, 2.05) is 5.38 Å². The maximum Gasteiger partial charge on any atom is 0.328 e. The van der Waals surface area contributed by atoms with Crippen molar-refractivity contribution in [3.05, 3.63) is 46.0 Å². The molecule has 0 aliphatic heterocycles. The third-order valence-electron chi connectivity index (χ3n) is 2.27. The highest BCUT2D eigenvalue weighted by Crippen LogP contribution is 2.18. The molecule has 0 unspecified atom stereocenters. The van der Waals surface area contributed by atoms with Gasteiger partial charge in [-0.05, 0) is 23.1 Å². The van der Waals surface area contributed by atoms with Crippen molar-refractivity contribution in [3.63, 3.8) is 0 Å². The van der Waals surface area contributed by atoms with Gasteiger partial charge < -0.3 is 14.9 Å². The van der Waals surface area contributed by atoms with Gasteiger partial charge in [0.15, 0.2) is 5.69 Å². The number of thiophene rings is 1. The molecule has 98 valence electrons. The molecule has 0 saturated carbocycles. The number of carboxylic acids is 1. The number of nitrogens with one attached hydrogen (secondary N) is 1. The fourth-order valence-corrected chi connectivity index (χ4v) is 2.19. The predicted molar refractivity (Wildman–Crippen MR) is 68.7 cm³/mol. The highest BCUT2D eigenvalue weighted by molar-refractivity contribution is 7.10. The first-order valence-corrected chi connectivity index (χ1v) is 6.21. The van der Waals surface area contributed by atoms with E-state index < -0.39 is 5.97 Å². The number of hydrogen-bond donors (Lipinski definition) is 2. The Bertz CT molecular complexity index is 601. The fourth-order valence-electron chi connectivity index (χ4n) is 1.38. The topological polar surface area (TPSA) is 92.4 Å². The molecule has 0 saturated heterocycles. The number of rotatable bonds is 5. The van der Waals surface area contributed by atoms with Crippen LogP contribution < -0.4 is 5.32 Å². The molecule has 0 atom stereocenters. The fraction of sp³-hybridized carbons (Fsp3) is 0.0833. The second kappa shape index (κ2) is 5.96. The lowest BCUT2D eigenvalue weighted by molar-refractivity contribution is -0.131. The third-order valence-corrected chi connectivity index (χ3v) is 3.20. The van der Waals surface area contributed by atoms with E-state index in [1.165, 1.54) is 29.7 Å². The van der Waals surface area contributed by atoms with Gasteiger partial charge in [0.2, 0.25) is 0 Å². The van der Waals surface area contributed by atoms with Gasteiger partial charge in [-0.25, -0.2) is 4.79 Å². The molecule has 6 nitrogen and oxygen atoms in total. The average molecular weight is 278 g/mol. The van der Waals surface area contributed by atoms with Crippen molar-refractivity contribution in [3.8, 4) is 0 Å². The first-order valence-electron chi connectivity index (χ1n) is 5.33. The molecule has 0 spiro atoms. The van der Waals surface area contributed by atoms with Crippen LogP contribution >= 0.6 is 11.3 Å². The summed E-state index contributed by atoms with van der Waals surface area (Å²) in [6.07, 6.45) is 3.88. The second-order valence-corrected chi connectivity index (χ2v) is 4.54. The van der Waals surface area contributed by atoms with Crippen molar-refractivity contribution in [2.45, 2.75) is 6.54 Å². The van der Waals surface area contributed by atoms with E-state index in [0.29, 0.717) is 6.54 Å². The van der Waals surface area contributed by atoms with Crippen molar-refractivity contribution in [1.82, 2.24) is 10.5 Å². The minimum Gasteiger partial charge on any atom is -0.478 e. The van der Waals surface area contributed by atoms with Gasteiger partial charge in [-0.1, -0.05) is 5.16 Å². The van der Waals surface area contributed by atoms with Gasteiger partial charge in [0.1, 0.15) is 6.26 Å². The number of nitrogens with zero attached hydrogens (tertiary/aromatic N) is 1. The smallest absolute Gasteiger partial charge is 0.328 e. The summed E-state index contributed by atoms with van der Waals surface area (Å²) in [6, 6.07) is 3.26. The van der Waals surface area contributed by atoms with Gasteiger partial charge in [-0.2, -0.15) is 0 Å². The molecule has 19 heavy (non-hydrogen) atoms. The number of amides is 1. The highest BCUT2D eigenvalue weighted by Gasteiger charge is 2.09. The van der Waals surface area contributed by atoms with Gasteiger partial charge in [0.05, 0.1) is 6.54 Å². The quantitative estimate of drug-likeness (QED) is 0.813. The SMILES string of the molecule is O=C(O)C=Cc1ccsc1CNC(=O)c1ccon1. The first-order chi connectivity index (χ1) is 9.16. The van der Waals surface area contributed by atoms with Gasteiger partial charge in [0.25, 0.3) is 5.91 Å². The van der Waals surface area contributed by atoms with Crippen molar-refractivity contribution in [1.29, 1.82) is 0 Å². The molecule has 0 fully saturated rings. The molecule has 2 heterocycles. The van der Waals surface area contributed by atoms with E-state index in [2.05, 4.69) is 15.0 Å². The molecular weight excluding hydrogens is 268 g/mol. The molecule has 0 aliphatic rings. The lowest BCUT2D eigenvalue weighted by Crippen LogP contribution is -2.22.